The number of nitrogens with two attached hydrogens (primary N) is 1. The zero-order valence-electron chi connectivity index (χ0n) is 10.9. The highest BCUT2D eigenvalue weighted by Gasteiger charge is 2.07. The summed E-state index contributed by atoms with van der Waals surface area (Å²) in [5, 5.41) is 3.48. The van der Waals surface area contributed by atoms with E-state index in [2.05, 4.69) is 5.32 Å². The predicted octanol–water partition coefficient (Wildman–Crippen LogP) is 1.87. The fourth-order valence-corrected chi connectivity index (χ4v) is 1.74. The molecule has 0 aliphatic rings. The van der Waals surface area contributed by atoms with Crippen LogP contribution in [0.25, 0.3) is 0 Å². The first-order valence-corrected chi connectivity index (χ1v) is 6.35. The number of hydrogen-bond donors (Lipinski definition) is 2. The third-order valence-electron chi connectivity index (χ3n) is 2.61. The van der Waals surface area contributed by atoms with Gasteiger partial charge in [0, 0.05) is 10.7 Å². The van der Waals surface area contributed by atoms with E-state index >= 15 is 0 Å². The van der Waals surface area contributed by atoms with E-state index < -0.39 is 0 Å². The number of nitrogens with one attached hydrogen (secondary N) is 1. The van der Waals surface area contributed by atoms with Crippen molar-refractivity contribution in [2.24, 2.45) is 5.73 Å². The molecule has 100 valence electrons. The van der Waals surface area contributed by atoms with Crippen molar-refractivity contribution >= 4 is 23.2 Å². The molecular weight excluding hydrogens is 250 g/mol. The van der Waals surface area contributed by atoms with Gasteiger partial charge in [-0.2, -0.15) is 0 Å². The highest BCUT2D eigenvalue weighted by Crippen LogP contribution is 2.19. The van der Waals surface area contributed by atoms with Gasteiger partial charge in [-0.25, -0.2) is 0 Å². The molecule has 3 N–H and O–H groups in total. The summed E-state index contributed by atoms with van der Waals surface area (Å²) in [6, 6.07) is 5.49. The average Bonchev–Trinajstić information content (AvgIpc) is 2.31. The van der Waals surface area contributed by atoms with Crippen LogP contribution in [0.1, 0.15) is 12.0 Å². The Morgan fingerprint density at radius 3 is 2.83 bits per heavy atom. The number of halogens is 1. The largest absolute Gasteiger partial charge is 0.330 e. The SMILES string of the molecule is Cc1ccc(NC(=O)CN(C)CCCN)cc1Cl. The minimum absolute atomic E-state index is 0.0468. The minimum atomic E-state index is -0.0468. The van der Waals surface area contributed by atoms with Gasteiger partial charge in [0.15, 0.2) is 0 Å². The van der Waals surface area contributed by atoms with Crippen molar-refractivity contribution in [2.75, 3.05) is 32.0 Å². The standard InChI is InChI=1S/C13H20ClN3O/c1-10-4-5-11(8-12(10)14)16-13(18)9-17(2)7-3-6-15/h4-5,8H,3,6-7,9,15H2,1-2H3,(H,16,18). The molecule has 18 heavy (non-hydrogen) atoms. The van der Waals surface area contributed by atoms with Gasteiger partial charge in [-0.1, -0.05) is 17.7 Å². The van der Waals surface area contributed by atoms with Crippen molar-refractivity contribution in [1.29, 1.82) is 0 Å². The number of aryl methyl sites for hydroxylation is 1. The molecule has 0 spiro atoms. The number of amides is 1. The quantitative estimate of drug-likeness (QED) is 0.829. The maximum absolute atomic E-state index is 11.8. The molecule has 0 radical (unpaired) electrons. The molecule has 0 fully saturated rings. The Kier molecular flexibility index (Phi) is 6.12. The van der Waals surface area contributed by atoms with Gasteiger partial charge in [-0.3, -0.25) is 9.69 Å². The fourth-order valence-electron chi connectivity index (χ4n) is 1.56. The van der Waals surface area contributed by atoms with Gasteiger partial charge in [0.05, 0.1) is 6.54 Å². The molecule has 1 amide bonds. The molecule has 0 aliphatic carbocycles. The van der Waals surface area contributed by atoms with Crippen LogP contribution in [0.15, 0.2) is 18.2 Å². The third kappa shape index (κ3) is 5.04. The van der Waals surface area contributed by atoms with Crippen LogP contribution >= 0.6 is 11.6 Å². The highest BCUT2D eigenvalue weighted by molar-refractivity contribution is 6.31. The number of anilines is 1. The van der Waals surface area contributed by atoms with Crippen LogP contribution < -0.4 is 11.1 Å². The molecule has 1 rings (SSSR count). The second-order valence-corrected chi connectivity index (χ2v) is 4.80. The molecule has 0 saturated carbocycles. The average molecular weight is 270 g/mol. The summed E-state index contributed by atoms with van der Waals surface area (Å²) in [6.07, 6.45) is 0.889. The summed E-state index contributed by atoms with van der Waals surface area (Å²) >= 11 is 6.00. The lowest BCUT2D eigenvalue weighted by atomic mass is 10.2. The number of benzene rings is 1. The van der Waals surface area contributed by atoms with E-state index in [0.29, 0.717) is 18.1 Å². The van der Waals surface area contributed by atoms with Crippen LogP contribution in [0, 0.1) is 6.92 Å². The molecule has 5 heteroatoms. The predicted molar refractivity (Wildman–Crippen MR) is 76.0 cm³/mol. The Labute approximate surface area is 113 Å². The lowest BCUT2D eigenvalue weighted by Crippen LogP contribution is -2.31. The smallest absolute Gasteiger partial charge is 0.238 e. The maximum atomic E-state index is 11.8. The van der Waals surface area contributed by atoms with E-state index in [9.17, 15) is 4.79 Å². The molecule has 0 atom stereocenters. The summed E-state index contributed by atoms with van der Waals surface area (Å²) in [7, 11) is 1.90. The molecule has 0 aliphatic heterocycles. The Hall–Kier alpha value is -1.10. The van der Waals surface area contributed by atoms with Gasteiger partial charge in [0.2, 0.25) is 5.91 Å². The summed E-state index contributed by atoms with van der Waals surface area (Å²) in [4.78, 5) is 13.7. The molecule has 0 unspecified atom stereocenters. The van der Waals surface area contributed by atoms with E-state index in [1.54, 1.807) is 6.07 Å². The van der Waals surface area contributed by atoms with Crippen LogP contribution in [-0.4, -0.2) is 37.5 Å². The van der Waals surface area contributed by atoms with E-state index in [0.717, 1.165) is 24.2 Å². The monoisotopic (exact) mass is 269 g/mol. The van der Waals surface area contributed by atoms with E-state index in [4.69, 9.17) is 17.3 Å². The normalized spacial score (nSPS) is 10.7. The van der Waals surface area contributed by atoms with Crippen LogP contribution in [0.2, 0.25) is 5.02 Å². The summed E-state index contributed by atoms with van der Waals surface area (Å²) < 4.78 is 0. The van der Waals surface area contributed by atoms with Crippen LogP contribution in [0.3, 0.4) is 0 Å². The topological polar surface area (TPSA) is 58.4 Å². The molecule has 1 aromatic carbocycles. The Morgan fingerprint density at radius 1 is 1.50 bits per heavy atom. The highest BCUT2D eigenvalue weighted by atomic mass is 35.5. The lowest BCUT2D eigenvalue weighted by molar-refractivity contribution is -0.117. The Balaban J connectivity index is 2.46. The van der Waals surface area contributed by atoms with Crippen molar-refractivity contribution in [1.82, 2.24) is 4.90 Å². The van der Waals surface area contributed by atoms with Crippen LogP contribution in [0.5, 0.6) is 0 Å². The second-order valence-electron chi connectivity index (χ2n) is 4.39. The van der Waals surface area contributed by atoms with Crippen molar-refractivity contribution < 1.29 is 4.79 Å². The second kappa shape index (κ2) is 7.36. The van der Waals surface area contributed by atoms with Crippen molar-refractivity contribution in [2.45, 2.75) is 13.3 Å². The summed E-state index contributed by atoms with van der Waals surface area (Å²) in [6.45, 7) is 3.73. The van der Waals surface area contributed by atoms with Crippen LogP contribution in [0.4, 0.5) is 5.69 Å². The van der Waals surface area contributed by atoms with Gasteiger partial charge < -0.3 is 11.1 Å². The zero-order valence-corrected chi connectivity index (χ0v) is 11.6. The fraction of sp³-hybridized carbons (Fsp3) is 0.462. The van der Waals surface area contributed by atoms with Crippen LogP contribution in [-0.2, 0) is 4.79 Å². The van der Waals surface area contributed by atoms with E-state index in [1.165, 1.54) is 0 Å². The number of hydrogen-bond acceptors (Lipinski definition) is 3. The van der Waals surface area contributed by atoms with Gasteiger partial charge >= 0.3 is 0 Å². The molecule has 0 saturated heterocycles. The number of carbonyl (C=O) groups excluding carboxylic acids is 1. The van der Waals surface area contributed by atoms with Crippen molar-refractivity contribution in [3.05, 3.63) is 28.8 Å². The summed E-state index contributed by atoms with van der Waals surface area (Å²) in [5.41, 5.74) is 7.14. The number of nitrogens with zero attached hydrogens (tertiary/aromatic N) is 1. The van der Waals surface area contributed by atoms with Gasteiger partial charge in [0.1, 0.15) is 0 Å². The minimum Gasteiger partial charge on any atom is -0.330 e. The van der Waals surface area contributed by atoms with Gasteiger partial charge in [0.25, 0.3) is 0 Å². The molecule has 1 aromatic rings. The third-order valence-corrected chi connectivity index (χ3v) is 3.02. The van der Waals surface area contributed by atoms with Gasteiger partial charge in [-0.15, -0.1) is 0 Å². The molecule has 0 aromatic heterocycles. The molecule has 4 nitrogen and oxygen atoms in total. The zero-order chi connectivity index (χ0) is 13.5. The Bertz CT molecular complexity index is 409. The summed E-state index contributed by atoms with van der Waals surface area (Å²) in [5.74, 6) is -0.0468. The first-order valence-electron chi connectivity index (χ1n) is 5.97. The maximum Gasteiger partial charge on any atom is 0.238 e. The molecule has 0 bridgehead atoms. The van der Waals surface area contributed by atoms with Crippen molar-refractivity contribution in [3.63, 3.8) is 0 Å². The number of carbonyl (C=O) groups is 1. The molecule has 0 heterocycles. The lowest BCUT2D eigenvalue weighted by Gasteiger charge is -2.15. The van der Waals surface area contributed by atoms with Gasteiger partial charge in [-0.05, 0) is 51.2 Å². The van der Waals surface area contributed by atoms with Crippen molar-refractivity contribution in [3.8, 4) is 0 Å². The first kappa shape index (κ1) is 15.0. The Morgan fingerprint density at radius 2 is 2.22 bits per heavy atom. The molecular formula is C13H20ClN3O. The van der Waals surface area contributed by atoms with E-state index in [-0.39, 0.29) is 5.91 Å². The first-order chi connectivity index (χ1) is 8.52. The number of likely N-dealkylation sites (N-methyl/N-ethyl adjacent to an activating group) is 1. The number of rotatable bonds is 6. The van der Waals surface area contributed by atoms with E-state index in [1.807, 2.05) is 31.0 Å².